The molecular formula is C15H25N. The molecule has 1 saturated heterocycles. The van der Waals surface area contributed by atoms with E-state index in [1.165, 1.54) is 50.0 Å². The van der Waals surface area contributed by atoms with Crippen LogP contribution in [0.1, 0.15) is 39.5 Å². The van der Waals surface area contributed by atoms with Crippen molar-refractivity contribution in [3.8, 4) is 0 Å². The molecule has 0 aromatic carbocycles. The van der Waals surface area contributed by atoms with Gasteiger partial charge in [-0.15, -0.1) is 0 Å². The van der Waals surface area contributed by atoms with Crippen LogP contribution >= 0.6 is 0 Å². The molecule has 0 N–H and O–H groups in total. The van der Waals surface area contributed by atoms with Gasteiger partial charge in [-0.2, -0.15) is 0 Å². The molecule has 0 amide bonds. The lowest BCUT2D eigenvalue weighted by Gasteiger charge is -2.13. The predicted molar refractivity (Wildman–Crippen MR) is 72.6 cm³/mol. The number of rotatable bonds is 6. The molecule has 0 aromatic rings. The van der Waals surface area contributed by atoms with Crippen LogP contribution in [-0.4, -0.2) is 24.5 Å². The van der Waals surface area contributed by atoms with Crippen LogP contribution in [0.15, 0.2) is 36.0 Å². The maximum Gasteiger partial charge on any atom is -0.00156 e. The van der Waals surface area contributed by atoms with Gasteiger partial charge in [0.15, 0.2) is 0 Å². The van der Waals surface area contributed by atoms with Crippen molar-refractivity contribution in [3.05, 3.63) is 36.0 Å². The number of nitrogens with zero attached hydrogens (tertiary/aromatic N) is 1. The lowest BCUT2D eigenvalue weighted by Crippen LogP contribution is -2.20. The van der Waals surface area contributed by atoms with Crippen LogP contribution in [0.2, 0.25) is 0 Å². The van der Waals surface area contributed by atoms with Crippen molar-refractivity contribution in [2.45, 2.75) is 39.5 Å². The van der Waals surface area contributed by atoms with E-state index >= 15 is 0 Å². The molecule has 0 saturated carbocycles. The standard InChI is InChI=1S/C15H25N/c1-4-15(10-9-14(2)3)8-7-13-16-11-5-6-12-16/h4,9-10H,1,5-8,11-13H2,2-3H3/b15-10+. The molecule has 1 rings (SSSR count). The first-order valence-electron chi connectivity index (χ1n) is 6.41. The number of hydrogen-bond donors (Lipinski definition) is 0. The average molecular weight is 219 g/mol. The highest BCUT2D eigenvalue weighted by Gasteiger charge is 2.10. The number of likely N-dealkylation sites (tertiary alicyclic amines) is 1. The summed E-state index contributed by atoms with van der Waals surface area (Å²) in [5.74, 6) is 0. The van der Waals surface area contributed by atoms with Crippen molar-refractivity contribution >= 4 is 0 Å². The SMILES string of the molecule is C=C/C(=C\C=C(C)C)CCCN1CCCC1. The van der Waals surface area contributed by atoms with Crippen LogP contribution in [0.3, 0.4) is 0 Å². The number of hydrogen-bond acceptors (Lipinski definition) is 1. The Labute approximate surface area is 101 Å². The highest BCUT2D eigenvalue weighted by atomic mass is 15.1. The first-order valence-corrected chi connectivity index (χ1v) is 6.41. The van der Waals surface area contributed by atoms with Crippen LogP contribution in [-0.2, 0) is 0 Å². The van der Waals surface area contributed by atoms with E-state index in [-0.39, 0.29) is 0 Å². The van der Waals surface area contributed by atoms with Crippen LogP contribution in [0.4, 0.5) is 0 Å². The maximum atomic E-state index is 3.88. The zero-order valence-corrected chi connectivity index (χ0v) is 10.8. The van der Waals surface area contributed by atoms with E-state index in [1.807, 2.05) is 6.08 Å². The molecule has 1 aliphatic heterocycles. The monoisotopic (exact) mass is 219 g/mol. The van der Waals surface area contributed by atoms with Crippen molar-refractivity contribution in [3.63, 3.8) is 0 Å². The molecule has 90 valence electrons. The fourth-order valence-electron chi connectivity index (χ4n) is 2.04. The Bertz CT molecular complexity index is 263. The highest BCUT2D eigenvalue weighted by molar-refractivity contribution is 5.23. The summed E-state index contributed by atoms with van der Waals surface area (Å²) in [5.41, 5.74) is 2.71. The second kappa shape index (κ2) is 7.45. The second-order valence-electron chi connectivity index (χ2n) is 4.84. The van der Waals surface area contributed by atoms with Crippen LogP contribution in [0.25, 0.3) is 0 Å². The van der Waals surface area contributed by atoms with Crippen molar-refractivity contribution in [2.75, 3.05) is 19.6 Å². The van der Waals surface area contributed by atoms with E-state index in [0.717, 1.165) is 6.42 Å². The van der Waals surface area contributed by atoms with Gasteiger partial charge in [0.05, 0.1) is 0 Å². The summed E-state index contributed by atoms with van der Waals surface area (Å²) in [6.07, 6.45) is 11.6. The average Bonchev–Trinajstić information content (AvgIpc) is 2.75. The third-order valence-electron chi connectivity index (χ3n) is 3.03. The predicted octanol–water partition coefficient (Wildman–Crippen LogP) is 3.94. The quantitative estimate of drug-likeness (QED) is 0.612. The Morgan fingerprint density at radius 1 is 1.19 bits per heavy atom. The number of allylic oxidation sites excluding steroid dienone is 5. The van der Waals surface area contributed by atoms with E-state index in [1.54, 1.807) is 0 Å². The third-order valence-corrected chi connectivity index (χ3v) is 3.03. The van der Waals surface area contributed by atoms with Gasteiger partial charge in [-0.3, -0.25) is 0 Å². The largest absolute Gasteiger partial charge is 0.303 e. The molecule has 0 bridgehead atoms. The van der Waals surface area contributed by atoms with E-state index < -0.39 is 0 Å². The van der Waals surface area contributed by atoms with Gasteiger partial charge in [-0.1, -0.05) is 30.4 Å². The minimum absolute atomic E-state index is 1.16. The van der Waals surface area contributed by atoms with Crippen molar-refractivity contribution in [2.24, 2.45) is 0 Å². The molecule has 0 unspecified atom stereocenters. The maximum absolute atomic E-state index is 3.88. The molecule has 16 heavy (non-hydrogen) atoms. The Kier molecular flexibility index (Phi) is 6.17. The van der Waals surface area contributed by atoms with Crippen molar-refractivity contribution in [1.29, 1.82) is 0 Å². The van der Waals surface area contributed by atoms with Crippen LogP contribution < -0.4 is 0 Å². The molecule has 0 spiro atoms. The van der Waals surface area contributed by atoms with Crippen LogP contribution in [0.5, 0.6) is 0 Å². The molecule has 1 nitrogen and oxygen atoms in total. The van der Waals surface area contributed by atoms with E-state index in [0.29, 0.717) is 0 Å². The molecule has 1 fully saturated rings. The third kappa shape index (κ3) is 5.32. The van der Waals surface area contributed by atoms with Crippen LogP contribution in [0, 0.1) is 0 Å². The molecule has 1 heterocycles. The van der Waals surface area contributed by atoms with E-state index in [4.69, 9.17) is 0 Å². The fraction of sp³-hybridized carbons (Fsp3) is 0.600. The zero-order valence-electron chi connectivity index (χ0n) is 10.8. The normalized spacial score (nSPS) is 17.5. The first kappa shape index (κ1) is 13.2. The summed E-state index contributed by atoms with van der Waals surface area (Å²) < 4.78 is 0. The van der Waals surface area contributed by atoms with Gasteiger partial charge in [0.2, 0.25) is 0 Å². The molecule has 0 atom stereocenters. The second-order valence-corrected chi connectivity index (χ2v) is 4.84. The minimum Gasteiger partial charge on any atom is -0.303 e. The summed E-state index contributed by atoms with van der Waals surface area (Å²) in [5, 5.41) is 0. The van der Waals surface area contributed by atoms with Gasteiger partial charge >= 0.3 is 0 Å². The Balaban J connectivity index is 2.25. The van der Waals surface area contributed by atoms with Gasteiger partial charge in [0, 0.05) is 0 Å². The zero-order chi connectivity index (χ0) is 11.8. The summed E-state index contributed by atoms with van der Waals surface area (Å²) >= 11 is 0. The summed E-state index contributed by atoms with van der Waals surface area (Å²) in [4.78, 5) is 2.57. The molecule has 0 aliphatic carbocycles. The van der Waals surface area contributed by atoms with Gasteiger partial charge in [0.25, 0.3) is 0 Å². The summed E-state index contributed by atoms with van der Waals surface area (Å²) in [6.45, 7) is 12.0. The molecule has 1 heteroatoms. The Morgan fingerprint density at radius 3 is 2.44 bits per heavy atom. The lowest BCUT2D eigenvalue weighted by molar-refractivity contribution is 0.334. The minimum atomic E-state index is 1.16. The lowest BCUT2D eigenvalue weighted by atomic mass is 10.1. The fourth-order valence-corrected chi connectivity index (χ4v) is 2.04. The smallest absolute Gasteiger partial charge is 0.00156 e. The van der Waals surface area contributed by atoms with Gasteiger partial charge in [-0.25, -0.2) is 0 Å². The van der Waals surface area contributed by atoms with Crippen molar-refractivity contribution < 1.29 is 0 Å². The van der Waals surface area contributed by atoms with E-state index in [9.17, 15) is 0 Å². The summed E-state index contributed by atoms with van der Waals surface area (Å²) in [6, 6.07) is 0. The molecule has 0 radical (unpaired) electrons. The topological polar surface area (TPSA) is 3.24 Å². The van der Waals surface area contributed by atoms with Gasteiger partial charge < -0.3 is 4.90 Å². The Hall–Kier alpha value is -0.820. The van der Waals surface area contributed by atoms with Crippen molar-refractivity contribution in [1.82, 2.24) is 4.90 Å². The Morgan fingerprint density at radius 2 is 1.88 bits per heavy atom. The molecule has 0 aromatic heterocycles. The molecular weight excluding hydrogens is 194 g/mol. The molecule has 1 aliphatic rings. The first-order chi connectivity index (χ1) is 7.72. The van der Waals surface area contributed by atoms with E-state index in [2.05, 4.69) is 37.5 Å². The van der Waals surface area contributed by atoms with Gasteiger partial charge in [0.1, 0.15) is 0 Å². The van der Waals surface area contributed by atoms with Gasteiger partial charge in [-0.05, 0) is 64.7 Å². The highest BCUT2D eigenvalue weighted by Crippen LogP contribution is 2.12. The summed E-state index contributed by atoms with van der Waals surface area (Å²) in [7, 11) is 0.